The normalized spacial score (nSPS) is 16.8. The number of hydrogen-bond acceptors (Lipinski definition) is 3. The molecule has 1 aromatic carbocycles. The van der Waals surface area contributed by atoms with E-state index in [1.54, 1.807) is 18.2 Å². The summed E-state index contributed by atoms with van der Waals surface area (Å²) in [6.07, 6.45) is 2.23. The highest BCUT2D eigenvalue weighted by Gasteiger charge is 2.29. The van der Waals surface area contributed by atoms with Crippen molar-refractivity contribution in [2.45, 2.75) is 43.5 Å². The Kier molecular flexibility index (Phi) is 6.01. The number of benzene rings is 1. The molecule has 20 heavy (non-hydrogen) atoms. The minimum absolute atomic E-state index is 0. The Morgan fingerprint density at radius 1 is 1.35 bits per heavy atom. The van der Waals surface area contributed by atoms with Gasteiger partial charge in [0, 0.05) is 12.6 Å². The lowest BCUT2D eigenvalue weighted by Crippen LogP contribution is -2.38. The van der Waals surface area contributed by atoms with E-state index in [0.29, 0.717) is 23.3 Å². The molecule has 2 rings (SSSR count). The van der Waals surface area contributed by atoms with Gasteiger partial charge in [0.15, 0.2) is 0 Å². The van der Waals surface area contributed by atoms with Gasteiger partial charge in [0.2, 0.25) is 10.0 Å². The Balaban J connectivity index is 0.00000200. The molecule has 6 heteroatoms. The van der Waals surface area contributed by atoms with E-state index in [1.807, 2.05) is 19.9 Å². The van der Waals surface area contributed by atoms with Gasteiger partial charge in [-0.25, -0.2) is 13.1 Å². The van der Waals surface area contributed by atoms with Gasteiger partial charge in [0.1, 0.15) is 0 Å². The van der Waals surface area contributed by atoms with E-state index in [1.165, 1.54) is 0 Å². The van der Waals surface area contributed by atoms with E-state index < -0.39 is 10.0 Å². The monoisotopic (exact) mass is 318 g/mol. The van der Waals surface area contributed by atoms with E-state index in [2.05, 4.69) is 4.72 Å². The van der Waals surface area contributed by atoms with E-state index in [-0.39, 0.29) is 18.4 Å². The highest BCUT2D eigenvalue weighted by Crippen LogP contribution is 2.31. The van der Waals surface area contributed by atoms with Crippen molar-refractivity contribution in [2.24, 2.45) is 11.7 Å². The zero-order valence-corrected chi connectivity index (χ0v) is 13.5. The maximum atomic E-state index is 12.2. The molecule has 1 aliphatic carbocycles. The third-order valence-electron chi connectivity index (χ3n) is 3.57. The smallest absolute Gasteiger partial charge is 0.240 e. The second-order valence-corrected chi connectivity index (χ2v) is 7.35. The number of nitrogens with two attached hydrogens (primary N) is 1. The van der Waals surface area contributed by atoms with Gasteiger partial charge in [-0.2, -0.15) is 0 Å². The highest BCUT2D eigenvalue weighted by molar-refractivity contribution is 7.89. The summed E-state index contributed by atoms with van der Waals surface area (Å²) < 4.78 is 27.0. The SMILES string of the molecule is CC(C)c1cccc(S(=O)(=O)NCC(N)C2CC2)c1.Cl. The fourth-order valence-corrected chi connectivity index (χ4v) is 3.15. The fraction of sp³-hybridized carbons (Fsp3) is 0.571. The molecular formula is C14H23ClN2O2S. The summed E-state index contributed by atoms with van der Waals surface area (Å²) in [5.74, 6) is 0.800. The first-order chi connectivity index (χ1) is 8.90. The third kappa shape index (κ3) is 4.45. The lowest BCUT2D eigenvalue weighted by molar-refractivity contribution is 0.547. The molecule has 1 fully saturated rings. The Bertz CT molecular complexity index is 542. The van der Waals surface area contributed by atoms with E-state index >= 15 is 0 Å². The zero-order chi connectivity index (χ0) is 14.0. The Morgan fingerprint density at radius 2 is 2.00 bits per heavy atom. The van der Waals surface area contributed by atoms with Crippen LogP contribution in [0.15, 0.2) is 29.2 Å². The van der Waals surface area contributed by atoms with E-state index in [9.17, 15) is 8.42 Å². The van der Waals surface area contributed by atoms with E-state index in [4.69, 9.17) is 5.73 Å². The molecule has 0 aromatic heterocycles. The van der Waals surface area contributed by atoms with Crippen LogP contribution in [0.2, 0.25) is 0 Å². The van der Waals surface area contributed by atoms with Gasteiger partial charge in [0.25, 0.3) is 0 Å². The Morgan fingerprint density at radius 3 is 2.55 bits per heavy atom. The Labute approximate surface area is 127 Å². The predicted octanol–water partition coefficient (Wildman–Crippen LogP) is 2.25. The minimum Gasteiger partial charge on any atom is -0.326 e. The number of sulfonamides is 1. The minimum atomic E-state index is -3.45. The highest BCUT2D eigenvalue weighted by atomic mass is 35.5. The third-order valence-corrected chi connectivity index (χ3v) is 4.99. The molecule has 1 unspecified atom stereocenters. The summed E-state index contributed by atoms with van der Waals surface area (Å²) in [6.45, 7) is 4.41. The Hall–Kier alpha value is -0.620. The number of hydrogen-bond donors (Lipinski definition) is 2. The molecule has 1 aliphatic rings. The van der Waals surface area contributed by atoms with Crippen LogP contribution in [0.1, 0.15) is 38.2 Å². The van der Waals surface area contributed by atoms with Crippen molar-refractivity contribution in [2.75, 3.05) is 6.54 Å². The first-order valence-electron chi connectivity index (χ1n) is 6.75. The van der Waals surface area contributed by atoms with Crippen LogP contribution in [0.4, 0.5) is 0 Å². The van der Waals surface area contributed by atoms with Gasteiger partial charge in [-0.1, -0.05) is 26.0 Å². The molecular weight excluding hydrogens is 296 g/mol. The van der Waals surface area contributed by atoms with Gasteiger partial charge >= 0.3 is 0 Å². The van der Waals surface area contributed by atoms with Gasteiger partial charge in [-0.3, -0.25) is 0 Å². The van der Waals surface area contributed by atoms with Crippen LogP contribution in [0.25, 0.3) is 0 Å². The standard InChI is InChI=1S/C14H22N2O2S.ClH/c1-10(2)12-4-3-5-13(8-12)19(17,18)16-9-14(15)11-6-7-11;/h3-5,8,10-11,14,16H,6-7,9,15H2,1-2H3;1H. The molecule has 114 valence electrons. The lowest BCUT2D eigenvalue weighted by Gasteiger charge is -2.13. The summed E-state index contributed by atoms with van der Waals surface area (Å²) in [6, 6.07) is 7.01. The van der Waals surface area contributed by atoms with Crippen molar-refractivity contribution in [3.05, 3.63) is 29.8 Å². The average molecular weight is 319 g/mol. The largest absolute Gasteiger partial charge is 0.326 e. The van der Waals surface area contributed by atoms with Crippen molar-refractivity contribution >= 4 is 22.4 Å². The first-order valence-corrected chi connectivity index (χ1v) is 8.23. The fourth-order valence-electron chi connectivity index (χ4n) is 2.02. The van der Waals surface area contributed by atoms with Gasteiger partial charge in [-0.05, 0) is 42.4 Å². The average Bonchev–Trinajstić information content (AvgIpc) is 3.20. The van der Waals surface area contributed by atoms with Gasteiger partial charge in [0.05, 0.1) is 4.90 Å². The molecule has 0 spiro atoms. The van der Waals surface area contributed by atoms with Crippen LogP contribution in [0.3, 0.4) is 0 Å². The number of halogens is 1. The molecule has 0 amide bonds. The quantitative estimate of drug-likeness (QED) is 0.845. The van der Waals surface area contributed by atoms with Crippen molar-refractivity contribution in [1.82, 2.24) is 4.72 Å². The first kappa shape index (κ1) is 17.4. The lowest BCUT2D eigenvalue weighted by atomic mass is 10.0. The van der Waals surface area contributed by atoms with Crippen molar-refractivity contribution in [3.63, 3.8) is 0 Å². The second-order valence-electron chi connectivity index (χ2n) is 5.58. The van der Waals surface area contributed by atoms with Crippen LogP contribution in [-0.2, 0) is 10.0 Å². The topological polar surface area (TPSA) is 72.2 Å². The zero-order valence-electron chi connectivity index (χ0n) is 11.9. The van der Waals surface area contributed by atoms with Gasteiger partial charge in [-0.15, -0.1) is 12.4 Å². The van der Waals surface area contributed by atoms with Crippen LogP contribution < -0.4 is 10.5 Å². The molecule has 4 nitrogen and oxygen atoms in total. The van der Waals surface area contributed by atoms with Crippen LogP contribution in [-0.4, -0.2) is 21.0 Å². The van der Waals surface area contributed by atoms with Crippen LogP contribution in [0, 0.1) is 5.92 Å². The van der Waals surface area contributed by atoms with Crippen molar-refractivity contribution < 1.29 is 8.42 Å². The van der Waals surface area contributed by atoms with Crippen molar-refractivity contribution in [1.29, 1.82) is 0 Å². The van der Waals surface area contributed by atoms with Gasteiger partial charge < -0.3 is 5.73 Å². The molecule has 1 saturated carbocycles. The van der Waals surface area contributed by atoms with Crippen LogP contribution >= 0.6 is 12.4 Å². The van der Waals surface area contributed by atoms with Crippen LogP contribution in [0.5, 0.6) is 0 Å². The predicted molar refractivity (Wildman–Crippen MR) is 83.7 cm³/mol. The molecule has 1 atom stereocenters. The summed E-state index contributed by atoms with van der Waals surface area (Å²) in [5.41, 5.74) is 6.94. The summed E-state index contributed by atoms with van der Waals surface area (Å²) in [5, 5.41) is 0. The molecule has 0 bridgehead atoms. The molecule has 1 aromatic rings. The molecule has 3 N–H and O–H groups in total. The van der Waals surface area contributed by atoms with E-state index in [0.717, 1.165) is 18.4 Å². The number of nitrogens with one attached hydrogen (secondary N) is 1. The maximum absolute atomic E-state index is 12.2. The second kappa shape index (κ2) is 6.89. The molecule has 0 radical (unpaired) electrons. The molecule has 0 heterocycles. The maximum Gasteiger partial charge on any atom is 0.240 e. The summed E-state index contributed by atoms with van der Waals surface area (Å²) in [4.78, 5) is 0.321. The summed E-state index contributed by atoms with van der Waals surface area (Å²) >= 11 is 0. The van der Waals surface area contributed by atoms with Crippen molar-refractivity contribution in [3.8, 4) is 0 Å². The molecule has 0 aliphatic heterocycles. The molecule has 0 saturated heterocycles. The summed E-state index contributed by atoms with van der Waals surface area (Å²) in [7, 11) is -3.45. The number of rotatable bonds is 6.